The molecule has 0 unspecified atom stereocenters. The molecule has 1 aromatic carbocycles. The average molecular weight is 251 g/mol. The number of carboxylic acid groups (broad SMARTS) is 1. The number of ether oxygens (including phenoxy) is 1. The Kier molecular flexibility index (Phi) is 4.73. The SMILES string of the molecule is COc1ccc(CN(C)C(C)(C)CC(=O)O)cc1. The number of nitrogens with zero attached hydrogens (tertiary/aromatic N) is 1. The molecule has 0 spiro atoms. The topological polar surface area (TPSA) is 49.8 Å². The van der Waals surface area contributed by atoms with E-state index in [1.165, 1.54) is 0 Å². The minimum atomic E-state index is -0.776. The van der Waals surface area contributed by atoms with Gasteiger partial charge in [-0.15, -0.1) is 0 Å². The van der Waals surface area contributed by atoms with Crippen LogP contribution in [-0.2, 0) is 11.3 Å². The summed E-state index contributed by atoms with van der Waals surface area (Å²) in [5.41, 5.74) is 0.767. The minimum absolute atomic E-state index is 0.125. The Bertz CT molecular complexity index is 398. The van der Waals surface area contributed by atoms with E-state index in [9.17, 15) is 4.79 Å². The molecule has 4 nitrogen and oxygen atoms in total. The Morgan fingerprint density at radius 2 is 1.89 bits per heavy atom. The van der Waals surface area contributed by atoms with Gasteiger partial charge in [0.15, 0.2) is 0 Å². The third kappa shape index (κ3) is 4.04. The third-order valence-electron chi connectivity index (χ3n) is 3.20. The Hall–Kier alpha value is -1.55. The van der Waals surface area contributed by atoms with Gasteiger partial charge in [0.05, 0.1) is 13.5 Å². The summed E-state index contributed by atoms with van der Waals surface area (Å²) in [6.07, 6.45) is 0.125. The highest BCUT2D eigenvalue weighted by atomic mass is 16.5. The van der Waals surface area contributed by atoms with E-state index in [0.29, 0.717) is 6.54 Å². The van der Waals surface area contributed by atoms with Gasteiger partial charge in [0, 0.05) is 12.1 Å². The van der Waals surface area contributed by atoms with Crippen molar-refractivity contribution >= 4 is 5.97 Å². The first-order valence-electron chi connectivity index (χ1n) is 5.91. The Balaban J connectivity index is 2.67. The number of benzene rings is 1. The monoisotopic (exact) mass is 251 g/mol. The lowest BCUT2D eigenvalue weighted by atomic mass is 9.98. The van der Waals surface area contributed by atoms with Crippen LogP contribution < -0.4 is 4.74 Å². The molecule has 0 aromatic heterocycles. The molecule has 0 saturated carbocycles. The van der Waals surface area contributed by atoms with Crippen molar-refractivity contribution in [2.24, 2.45) is 0 Å². The molecule has 0 heterocycles. The van der Waals surface area contributed by atoms with E-state index in [-0.39, 0.29) is 12.0 Å². The molecular formula is C14H21NO3. The maximum Gasteiger partial charge on any atom is 0.305 e. The predicted octanol–water partition coefficient (Wildman–Crippen LogP) is 2.38. The number of carboxylic acids is 1. The maximum atomic E-state index is 10.8. The normalized spacial score (nSPS) is 11.6. The zero-order chi connectivity index (χ0) is 13.8. The molecule has 0 bridgehead atoms. The highest BCUT2D eigenvalue weighted by Gasteiger charge is 2.26. The van der Waals surface area contributed by atoms with E-state index < -0.39 is 5.97 Å². The summed E-state index contributed by atoms with van der Waals surface area (Å²) in [7, 11) is 3.57. The molecule has 0 saturated heterocycles. The van der Waals surface area contributed by atoms with Gasteiger partial charge in [-0.05, 0) is 38.6 Å². The molecule has 4 heteroatoms. The number of methoxy groups -OCH3 is 1. The number of hydrogen-bond acceptors (Lipinski definition) is 3. The van der Waals surface area contributed by atoms with Crippen LogP contribution in [0.25, 0.3) is 0 Å². The fraction of sp³-hybridized carbons (Fsp3) is 0.500. The van der Waals surface area contributed by atoms with E-state index in [4.69, 9.17) is 9.84 Å². The van der Waals surface area contributed by atoms with Crippen LogP contribution >= 0.6 is 0 Å². The highest BCUT2D eigenvalue weighted by molar-refractivity contribution is 5.68. The summed E-state index contributed by atoms with van der Waals surface area (Å²) in [5, 5.41) is 8.89. The van der Waals surface area contributed by atoms with Crippen molar-refractivity contribution in [1.29, 1.82) is 0 Å². The fourth-order valence-corrected chi connectivity index (χ4v) is 1.72. The fourth-order valence-electron chi connectivity index (χ4n) is 1.72. The largest absolute Gasteiger partial charge is 0.497 e. The van der Waals surface area contributed by atoms with Gasteiger partial charge in [0.2, 0.25) is 0 Å². The zero-order valence-electron chi connectivity index (χ0n) is 11.4. The molecule has 0 aliphatic rings. The molecule has 0 aliphatic heterocycles. The predicted molar refractivity (Wildman–Crippen MR) is 70.8 cm³/mol. The molecule has 0 fully saturated rings. The van der Waals surface area contributed by atoms with Gasteiger partial charge in [-0.3, -0.25) is 9.69 Å². The third-order valence-corrected chi connectivity index (χ3v) is 3.20. The lowest BCUT2D eigenvalue weighted by Gasteiger charge is -2.34. The molecule has 1 rings (SSSR count). The van der Waals surface area contributed by atoms with Gasteiger partial charge in [-0.2, -0.15) is 0 Å². The summed E-state index contributed by atoms with van der Waals surface area (Å²) in [5.74, 6) is 0.0489. The van der Waals surface area contributed by atoms with Crippen molar-refractivity contribution in [3.8, 4) is 5.75 Å². The molecule has 1 aromatic rings. The van der Waals surface area contributed by atoms with E-state index in [1.54, 1.807) is 7.11 Å². The van der Waals surface area contributed by atoms with Crippen molar-refractivity contribution in [3.63, 3.8) is 0 Å². The van der Waals surface area contributed by atoms with E-state index in [2.05, 4.69) is 0 Å². The first-order chi connectivity index (χ1) is 8.35. The molecule has 18 heavy (non-hydrogen) atoms. The van der Waals surface area contributed by atoms with Gasteiger partial charge in [-0.1, -0.05) is 12.1 Å². The number of hydrogen-bond donors (Lipinski definition) is 1. The van der Waals surface area contributed by atoms with Gasteiger partial charge in [-0.25, -0.2) is 0 Å². The number of aliphatic carboxylic acids is 1. The molecule has 0 atom stereocenters. The standard InChI is InChI=1S/C14H21NO3/c1-14(2,9-13(16)17)15(3)10-11-5-7-12(18-4)8-6-11/h5-8H,9-10H2,1-4H3,(H,16,17). The van der Waals surface area contributed by atoms with Crippen LogP contribution in [0.3, 0.4) is 0 Å². The van der Waals surface area contributed by atoms with Crippen LogP contribution in [0, 0.1) is 0 Å². The molecular weight excluding hydrogens is 230 g/mol. The molecule has 0 amide bonds. The molecule has 100 valence electrons. The Labute approximate surface area is 108 Å². The quantitative estimate of drug-likeness (QED) is 0.843. The first-order valence-corrected chi connectivity index (χ1v) is 5.91. The van der Waals surface area contributed by atoms with Crippen LogP contribution in [0.4, 0.5) is 0 Å². The van der Waals surface area contributed by atoms with Crippen molar-refractivity contribution in [2.45, 2.75) is 32.4 Å². The van der Waals surface area contributed by atoms with Crippen molar-refractivity contribution in [3.05, 3.63) is 29.8 Å². The van der Waals surface area contributed by atoms with Gasteiger partial charge in [0.25, 0.3) is 0 Å². The van der Waals surface area contributed by atoms with Crippen molar-refractivity contribution in [2.75, 3.05) is 14.2 Å². The smallest absolute Gasteiger partial charge is 0.305 e. The lowest BCUT2D eigenvalue weighted by molar-refractivity contribution is -0.139. The van der Waals surface area contributed by atoms with Crippen LogP contribution in [-0.4, -0.2) is 35.7 Å². The van der Waals surface area contributed by atoms with Crippen LogP contribution in [0.2, 0.25) is 0 Å². The zero-order valence-corrected chi connectivity index (χ0v) is 11.4. The van der Waals surface area contributed by atoms with E-state index >= 15 is 0 Å². The maximum absolute atomic E-state index is 10.8. The number of carbonyl (C=O) groups is 1. The van der Waals surface area contributed by atoms with Crippen molar-refractivity contribution < 1.29 is 14.6 Å². The average Bonchev–Trinajstić information content (AvgIpc) is 2.28. The van der Waals surface area contributed by atoms with Gasteiger partial charge < -0.3 is 9.84 Å². The van der Waals surface area contributed by atoms with Gasteiger partial charge >= 0.3 is 5.97 Å². The van der Waals surface area contributed by atoms with E-state index in [0.717, 1.165) is 11.3 Å². The van der Waals surface area contributed by atoms with Gasteiger partial charge in [0.1, 0.15) is 5.75 Å². The molecule has 0 aliphatic carbocycles. The lowest BCUT2D eigenvalue weighted by Crippen LogP contribution is -2.42. The summed E-state index contributed by atoms with van der Waals surface area (Å²) in [4.78, 5) is 12.9. The summed E-state index contributed by atoms with van der Waals surface area (Å²) in [6.45, 7) is 4.58. The second-order valence-electron chi connectivity index (χ2n) is 5.09. The van der Waals surface area contributed by atoms with E-state index in [1.807, 2.05) is 50.1 Å². The van der Waals surface area contributed by atoms with Crippen molar-refractivity contribution in [1.82, 2.24) is 4.90 Å². The Morgan fingerprint density at radius 1 is 1.33 bits per heavy atom. The Morgan fingerprint density at radius 3 is 2.33 bits per heavy atom. The van der Waals surface area contributed by atoms with Crippen LogP contribution in [0.1, 0.15) is 25.8 Å². The number of rotatable bonds is 6. The van der Waals surface area contributed by atoms with Crippen LogP contribution in [0.15, 0.2) is 24.3 Å². The summed E-state index contributed by atoms with van der Waals surface area (Å²) in [6, 6.07) is 7.80. The second kappa shape index (κ2) is 5.87. The van der Waals surface area contributed by atoms with Crippen LogP contribution in [0.5, 0.6) is 5.75 Å². The highest BCUT2D eigenvalue weighted by Crippen LogP contribution is 2.20. The summed E-state index contributed by atoms with van der Waals surface area (Å²) >= 11 is 0. The minimum Gasteiger partial charge on any atom is -0.497 e. The summed E-state index contributed by atoms with van der Waals surface area (Å²) < 4.78 is 5.10. The molecule has 1 N–H and O–H groups in total. The molecule has 0 radical (unpaired) electrons. The second-order valence-corrected chi connectivity index (χ2v) is 5.09. The first kappa shape index (κ1) is 14.5.